The summed E-state index contributed by atoms with van der Waals surface area (Å²) in [4.78, 5) is 23.2. The molecular weight excluding hydrogens is 540 g/mol. The summed E-state index contributed by atoms with van der Waals surface area (Å²) < 4.78 is 36.5. The van der Waals surface area contributed by atoms with Gasteiger partial charge in [0.15, 0.2) is 11.3 Å². The van der Waals surface area contributed by atoms with E-state index in [4.69, 9.17) is 14.8 Å². The number of nitrogens with zero attached hydrogens (tertiary/aromatic N) is 5. The number of ether oxygens (including phenoxy) is 1. The lowest BCUT2D eigenvalue weighted by atomic mass is 10.1. The zero-order valence-corrected chi connectivity index (χ0v) is 23.7. The number of sulfonamides is 1. The van der Waals surface area contributed by atoms with Gasteiger partial charge in [0.2, 0.25) is 10.0 Å². The Morgan fingerprint density at radius 3 is 2.41 bits per heavy atom. The summed E-state index contributed by atoms with van der Waals surface area (Å²) in [5.41, 5.74) is 2.25. The van der Waals surface area contributed by atoms with Crippen LogP contribution < -0.4 is 15.2 Å². The number of rotatable bonds is 7. The Kier molecular flexibility index (Phi) is 8.19. The maximum atomic E-state index is 13.8. The van der Waals surface area contributed by atoms with Crippen molar-refractivity contribution in [3.8, 4) is 17.1 Å². The summed E-state index contributed by atoms with van der Waals surface area (Å²) in [6, 6.07) is 14.8. The topological polar surface area (TPSA) is 113 Å². The normalized spacial score (nSPS) is 16.7. The molecule has 0 bridgehead atoms. The van der Waals surface area contributed by atoms with Crippen LogP contribution in [0.15, 0.2) is 58.2 Å². The molecule has 0 amide bonds. The number of aromatic nitrogens is 4. The molecule has 1 saturated heterocycles. The van der Waals surface area contributed by atoms with Gasteiger partial charge in [0, 0.05) is 37.8 Å². The molecule has 2 aromatic carbocycles. The first-order chi connectivity index (χ1) is 19.4. The van der Waals surface area contributed by atoms with Gasteiger partial charge in [-0.3, -0.25) is 4.79 Å². The van der Waals surface area contributed by atoms with Gasteiger partial charge in [-0.05, 0) is 57.0 Å². The molecule has 6 rings (SSSR count). The van der Waals surface area contributed by atoms with Crippen molar-refractivity contribution in [1.82, 2.24) is 23.9 Å². The molecule has 1 aliphatic carbocycles. The number of hydrogen-bond donors (Lipinski definition) is 1. The summed E-state index contributed by atoms with van der Waals surface area (Å²) in [5.74, 6) is 1.74. The van der Waals surface area contributed by atoms with E-state index in [2.05, 4.69) is 9.88 Å². The van der Waals surface area contributed by atoms with E-state index in [9.17, 15) is 13.2 Å². The quantitative estimate of drug-likeness (QED) is 0.341. The van der Waals surface area contributed by atoms with Crippen molar-refractivity contribution in [2.45, 2.75) is 57.8 Å². The fraction of sp³-hybridized carbons (Fsp3) is 0.433. The van der Waals surface area contributed by atoms with E-state index in [0.717, 1.165) is 37.2 Å². The first-order valence-electron chi connectivity index (χ1n) is 13.9. The number of H-pyrrole nitrogens is 1. The monoisotopic (exact) mass is 578 g/mol. The van der Waals surface area contributed by atoms with Crippen LogP contribution in [0.4, 0.5) is 5.69 Å². The van der Waals surface area contributed by atoms with Crippen LogP contribution in [0, 0.1) is 6.92 Å². The maximum Gasteiger partial charge on any atom is 0.277 e. The average Bonchev–Trinajstić information content (AvgIpc) is 3.62. The third-order valence-corrected chi connectivity index (χ3v) is 9.82. The van der Waals surface area contributed by atoms with Gasteiger partial charge in [-0.2, -0.15) is 4.31 Å². The molecule has 0 spiro atoms. The molecule has 2 aliphatic rings. The van der Waals surface area contributed by atoms with Crippen LogP contribution in [0.25, 0.3) is 16.9 Å². The van der Waals surface area contributed by atoms with Gasteiger partial charge in [0.1, 0.15) is 11.6 Å². The van der Waals surface area contributed by atoms with Crippen LogP contribution in [-0.2, 0) is 10.0 Å². The minimum Gasteiger partial charge on any atom is -0.493 e. The van der Waals surface area contributed by atoms with Crippen molar-refractivity contribution < 1.29 is 13.2 Å². The molecule has 4 aromatic rings. The molecule has 3 heterocycles. The zero-order chi connectivity index (χ0) is 27.9. The van der Waals surface area contributed by atoms with Crippen molar-refractivity contribution in [3.63, 3.8) is 0 Å². The van der Waals surface area contributed by atoms with Crippen LogP contribution in [0.5, 0.6) is 5.75 Å². The number of imidazole rings is 1. The summed E-state index contributed by atoms with van der Waals surface area (Å²) in [5, 5.41) is 4.80. The van der Waals surface area contributed by atoms with Crippen molar-refractivity contribution in [2.24, 2.45) is 0 Å². The lowest BCUT2D eigenvalue weighted by Gasteiger charge is -2.35. The minimum absolute atomic E-state index is 0. The largest absolute Gasteiger partial charge is 0.493 e. The molecule has 10 nitrogen and oxygen atoms in total. The lowest BCUT2D eigenvalue weighted by molar-refractivity contribution is 0.341. The molecule has 218 valence electrons. The molecule has 0 radical (unpaired) electrons. The Hall–Kier alpha value is -3.70. The standard InChI is InChI=1S/C29H34N6O4S.CH4/c1-3-39-25-14-13-23(40(37,38)34-17-15-33(16-18-34)22-11-5-4-6-12-22)19-24(25)27-31-29(36)26-20(2)30-28(35(26)32-27)21-9-7-8-10-21;/h4-6,11-14,19,21H,3,7-10,15-18H2,1-2H3,(H,31,32,36);1H4. The van der Waals surface area contributed by atoms with Gasteiger partial charge in [-0.25, -0.2) is 17.9 Å². The Morgan fingerprint density at radius 2 is 1.73 bits per heavy atom. The number of para-hydroxylation sites is 1. The van der Waals surface area contributed by atoms with Crippen molar-refractivity contribution in [1.29, 1.82) is 0 Å². The highest BCUT2D eigenvalue weighted by Crippen LogP contribution is 2.35. The summed E-state index contributed by atoms with van der Waals surface area (Å²) in [6.07, 6.45) is 4.28. The highest BCUT2D eigenvalue weighted by atomic mass is 32.2. The molecule has 0 unspecified atom stereocenters. The molecule has 41 heavy (non-hydrogen) atoms. The van der Waals surface area contributed by atoms with E-state index < -0.39 is 10.0 Å². The van der Waals surface area contributed by atoms with E-state index in [-0.39, 0.29) is 29.6 Å². The number of aryl methyl sites for hydroxylation is 1. The average molecular weight is 579 g/mol. The van der Waals surface area contributed by atoms with Crippen LogP contribution in [0.3, 0.4) is 0 Å². The van der Waals surface area contributed by atoms with E-state index in [1.807, 2.05) is 44.2 Å². The number of fused-ring (bicyclic) bond motifs is 1. The Morgan fingerprint density at radius 1 is 1.02 bits per heavy atom. The van der Waals surface area contributed by atoms with Crippen LogP contribution in [0.2, 0.25) is 0 Å². The predicted octanol–water partition coefficient (Wildman–Crippen LogP) is 4.60. The molecular formula is C30H38N6O4S. The number of nitrogens with one attached hydrogen (secondary N) is 1. The second kappa shape index (κ2) is 11.7. The van der Waals surface area contributed by atoms with Crippen LogP contribution >= 0.6 is 0 Å². The van der Waals surface area contributed by atoms with Crippen molar-refractivity contribution >= 4 is 21.2 Å². The molecule has 1 N–H and O–H groups in total. The minimum atomic E-state index is -3.79. The highest BCUT2D eigenvalue weighted by Gasteiger charge is 2.30. The third kappa shape index (κ3) is 5.36. The molecule has 11 heteroatoms. The second-order valence-electron chi connectivity index (χ2n) is 10.4. The van der Waals surface area contributed by atoms with E-state index in [1.54, 1.807) is 22.7 Å². The fourth-order valence-corrected chi connectivity index (χ4v) is 7.32. The van der Waals surface area contributed by atoms with Crippen LogP contribution in [-0.4, -0.2) is 65.1 Å². The predicted molar refractivity (Wildman–Crippen MR) is 160 cm³/mol. The molecule has 2 fully saturated rings. The number of aromatic amines is 1. The van der Waals surface area contributed by atoms with Crippen molar-refractivity contribution in [3.05, 3.63) is 70.4 Å². The Labute approximate surface area is 241 Å². The summed E-state index contributed by atoms with van der Waals surface area (Å²) in [6.45, 7) is 6.01. The molecule has 1 saturated carbocycles. The number of hydrogen-bond acceptors (Lipinski definition) is 7. The van der Waals surface area contributed by atoms with E-state index >= 15 is 0 Å². The first-order valence-corrected chi connectivity index (χ1v) is 15.4. The van der Waals surface area contributed by atoms with Gasteiger partial charge in [-0.15, -0.1) is 5.10 Å². The molecule has 0 atom stereocenters. The van der Waals surface area contributed by atoms with Crippen LogP contribution in [0.1, 0.15) is 57.5 Å². The number of anilines is 1. The van der Waals surface area contributed by atoms with Gasteiger partial charge in [-0.1, -0.05) is 38.5 Å². The second-order valence-corrected chi connectivity index (χ2v) is 12.4. The van der Waals surface area contributed by atoms with Gasteiger partial charge >= 0.3 is 0 Å². The Balaban J connectivity index is 0.00000337. The van der Waals surface area contributed by atoms with Gasteiger partial charge in [0.05, 0.1) is 22.8 Å². The zero-order valence-electron chi connectivity index (χ0n) is 22.8. The van der Waals surface area contributed by atoms with Gasteiger partial charge in [0.25, 0.3) is 5.56 Å². The van der Waals surface area contributed by atoms with Gasteiger partial charge < -0.3 is 14.6 Å². The maximum absolute atomic E-state index is 13.8. The SMILES string of the molecule is C.CCOc1ccc(S(=O)(=O)N2CCN(c3ccccc3)CC2)cc1-c1nn2c(C3CCCC3)nc(C)c2c(=O)[nH]1. The molecule has 2 aromatic heterocycles. The summed E-state index contributed by atoms with van der Waals surface area (Å²) >= 11 is 0. The lowest BCUT2D eigenvalue weighted by Crippen LogP contribution is -2.48. The number of piperazine rings is 1. The number of benzene rings is 2. The van der Waals surface area contributed by atoms with E-state index in [0.29, 0.717) is 55.3 Å². The highest BCUT2D eigenvalue weighted by molar-refractivity contribution is 7.89. The van der Waals surface area contributed by atoms with Crippen molar-refractivity contribution in [2.75, 3.05) is 37.7 Å². The smallest absolute Gasteiger partial charge is 0.277 e. The summed E-state index contributed by atoms with van der Waals surface area (Å²) in [7, 11) is -3.79. The molecule has 1 aliphatic heterocycles. The third-order valence-electron chi connectivity index (χ3n) is 7.92. The Bertz CT molecular complexity index is 1690. The first kappa shape index (κ1) is 28.8. The van der Waals surface area contributed by atoms with E-state index in [1.165, 1.54) is 4.31 Å². The fourth-order valence-electron chi connectivity index (χ4n) is 5.87.